The summed E-state index contributed by atoms with van der Waals surface area (Å²) in [7, 11) is 1.99. The fourth-order valence-electron chi connectivity index (χ4n) is 3.63. The lowest BCUT2D eigenvalue weighted by atomic mass is 9.81. The van der Waals surface area contributed by atoms with Crippen LogP contribution in [0.2, 0.25) is 0 Å². The topological polar surface area (TPSA) is 55.6 Å². The number of hydrogen-bond acceptors (Lipinski definition) is 4. The van der Waals surface area contributed by atoms with Gasteiger partial charge < -0.3 is 9.64 Å². The summed E-state index contributed by atoms with van der Waals surface area (Å²) in [6.45, 7) is 1.88. The number of nitro groups is 1. The molecule has 0 spiro atoms. The van der Waals surface area contributed by atoms with E-state index in [0.717, 1.165) is 37.2 Å². The summed E-state index contributed by atoms with van der Waals surface area (Å²) in [4.78, 5) is 12.6. The Balaban J connectivity index is 1.73. The van der Waals surface area contributed by atoms with Crippen molar-refractivity contribution in [1.29, 1.82) is 0 Å². The molecule has 0 bridgehead atoms. The SMILES string of the molecule is CN1CC[C@@H](c2ccc([N+](=O)[O-])cc2)[C@H](COc2cccc(C(F)(F)F)c2)C1. The maximum Gasteiger partial charge on any atom is 0.416 e. The third-order valence-electron chi connectivity index (χ3n) is 5.09. The van der Waals surface area contributed by atoms with Crippen LogP contribution < -0.4 is 4.74 Å². The number of nitro benzene ring substituents is 1. The summed E-state index contributed by atoms with van der Waals surface area (Å²) < 4.78 is 44.3. The quantitative estimate of drug-likeness (QED) is 0.544. The van der Waals surface area contributed by atoms with Gasteiger partial charge in [-0.25, -0.2) is 0 Å². The molecule has 2 aromatic rings. The number of non-ortho nitro benzene ring substituents is 1. The molecular formula is C20H21F3N2O3. The molecule has 0 aromatic heterocycles. The molecule has 1 fully saturated rings. The van der Waals surface area contributed by atoms with Crippen molar-refractivity contribution in [2.75, 3.05) is 26.7 Å². The van der Waals surface area contributed by atoms with Crippen molar-refractivity contribution < 1.29 is 22.8 Å². The molecule has 0 amide bonds. The highest BCUT2D eigenvalue weighted by molar-refractivity contribution is 5.35. The first kappa shape index (κ1) is 20.1. The number of rotatable bonds is 5. The van der Waals surface area contributed by atoms with Crippen LogP contribution in [0.4, 0.5) is 18.9 Å². The molecule has 0 radical (unpaired) electrons. The van der Waals surface area contributed by atoms with Crippen LogP contribution in [0.15, 0.2) is 48.5 Å². The highest BCUT2D eigenvalue weighted by Gasteiger charge is 2.32. The van der Waals surface area contributed by atoms with E-state index in [0.29, 0.717) is 0 Å². The third-order valence-corrected chi connectivity index (χ3v) is 5.09. The van der Waals surface area contributed by atoms with E-state index in [4.69, 9.17) is 4.74 Å². The van der Waals surface area contributed by atoms with Crippen LogP contribution in [0.3, 0.4) is 0 Å². The molecule has 150 valence electrons. The van der Waals surface area contributed by atoms with Crippen molar-refractivity contribution in [2.24, 2.45) is 5.92 Å². The highest BCUT2D eigenvalue weighted by Crippen LogP contribution is 2.35. The van der Waals surface area contributed by atoms with Crippen molar-refractivity contribution in [3.63, 3.8) is 0 Å². The Morgan fingerprint density at radius 1 is 1.21 bits per heavy atom. The van der Waals surface area contributed by atoms with Crippen LogP contribution in [0.5, 0.6) is 5.75 Å². The predicted octanol–water partition coefficient (Wildman–Crippen LogP) is 4.73. The molecule has 1 aliphatic heterocycles. The minimum absolute atomic E-state index is 0.0356. The van der Waals surface area contributed by atoms with Crippen LogP contribution in [0.1, 0.15) is 23.5 Å². The fourth-order valence-corrected chi connectivity index (χ4v) is 3.63. The van der Waals surface area contributed by atoms with Gasteiger partial charge in [-0.2, -0.15) is 13.2 Å². The van der Waals surface area contributed by atoms with Gasteiger partial charge in [0.05, 0.1) is 17.1 Å². The summed E-state index contributed by atoms with van der Waals surface area (Å²) in [6.07, 6.45) is -3.56. The normalized spacial score (nSPS) is 20.7. The van der Waals surface area contributed by atoms with Gasteiger partial charge in [0.15, 0.2) is 0 Å². The largest absolute Gasteiger partial charge is 0.493 e. The van der Waals surface area contributed by atoms with Crippen LogP contribution in [-0.2, 0) is 6.18 Å². The standard InChI is InChI=1S/C20H21F3N2O3/c1-24-10-9-19(14-5-7-17(8-6-14)25(26)27)15(12-24)13-28-18-4-2-3-16(11-18)20(21,22)23/h2-8,11,15,19H,9-10,12-13H2,1H3/t15-,19-/m0/s1. The minimum atomic E-state index is -4.41. The van der Waals surface area contributed by atoms with Crippen LogP contribution in [-0.4, -0.2) is 36.6 Å². The second-order valence-electron chi connectivity index (χ2n) is 7.10. The smallest absolute Gasteiger partial charge is 0.416 e. The second-order valence-corrected chi connectivity index (χ2v) is 7.10. The van der Waals surface area contributed by atoms with Crippen LogP contribution in [0.25, 0.3) is 0 Å². The van der Waals surface area contributed by atoms with Crippen molar-refractivity contribution in [1.82, 2.24) is 4.90 Å². The number of nitrogens with zero attached hydrogens (tertiary/aromatic N) is 2. The Kier molecular flexibility index (Phi) is 5.88. The number of hydrogen-bond donors (Lipinski definition) is 0. The molecule has 3 rings (SSSR count). The van der Waals surface area contributed by atoms with E-state index in [1.807, 2.05) is 7.05 Å². The van der Waals surface area contributed by atoms with Gasteiger partial charge in [0.2, 0.25) is 0 Å². The Bertz CT molecular complexity index is 824. The average molecular weight is 394 g/mol. The van der Waals surface area contributed by atoms with Crippen molar-refractivity contribution >= 4 is 5.69 Å². The molecular weight excluding hydrogens is 373 g/mol. The van der Waals surface area contributed by atoms with Gasteiger partial charge in [-0.1, -0.05) is 18.2 Å². The lowest BCUT2D eigenvalue weighted by Gasteiger charge is -2.37. The molecule has 8 heteroatoms. The van der Waals surface area contributed by atoms with E-state index in [1.165, 1.54) is 24.3 Å². The van der Waals surface area contributed by atoms with Crippen LogP contribution >= 0.6 is 0 Å². The molecule has 0 aliphatic carbocycles. The van der Waals surface area contributed by atoms with E-state index >= 15 is 0 Å². The monoisotopic (exact) mass is 394 g/mol. The Labute approximate surface area is 160 Å². The summed E-state index contributed by atoms with van der Waals surface area (Å²) in [5.74, 6) is 0.378. The summed E-state index contributed by atoms with van der Waals surface area (Å²) in [5.41, 5.74) is 0.280. The number of halogens is 3. The van der Waals surface area contributed by atoms with Gasteiger partial charge in [-0.15, -0.1) is 0 Å². The first-order valence-electron chi connectivity index (χ1n) is 8.97. The first-order valence-corrected chi connectivity index (χ1v) is 8.97. The molecule has 5 nitrogen and oxygen atoms in total. The maximum atomic E-state index is 12.9. The molecule has 2 atom stereocenters. The van der Waals surface area contributed by atoms with Crippen molar-refractivity contribution in [3.05, 3.63) is 69.8 Å². The number of ether oxygens (including phenoxy) is 1. The Morgan fingerprint density at radius 2 is 1.93 bits per heavy atom. The van der Waals surface area contributed by atoms with Gasteiger partial charge in [0, 0.05) is 24.6 Å². The van der Waals surface area contributed by atoms with Crippen LogP contribution in [0, 0.1) is 16.0 Å². The zero-order valence-electron chi connectivity index (χ0n) is 15.4. The second kappa shape index (κ2) is 8.18. The Hall–Kier alpha value is -2.61. The molecule has 1 saturated heterocycles. The zero-order chi connectivity index (χ0) is 20.3. The van der Waals surface area contributed by atoms with E-state index in [1.54, 1.807) is 12.1 Å². The van der Waals surface area contributed by atoms with E-state index in [9.17, 15) is 23.3 Å². The molecule has 0 saturated carbocycles. The van der Waals surface area contributed by atoms with Crippen molar-refractivity contribution in [2.45, 2.75) is 18.5 Å². The van der Waals surface area contributed by atoms with Gasteiger partial charge in [0.25, 0.3) is 5.69 Å². The molecule has 2 aromatic carbocycles. The fraction of sp³-hybridized carbons (Fsp3) is 0.400. The third kappa shape index (κ3) is 4.81. The first-order chi connectivity index (χ1) is 13.2. The zero-order valence-corrected chi connectivity index (χ0v) is 15.4. The molecule has 0 N–H and O–H groups in total. The van der Waals surface area contributed by atoms with Gasteiger partial charge >= 0.3 is 6.18 Å². The summed E-state index contributed by atoms with van der Waals surface area (Å²) in [6, 6.07) is 11.4. The number of piperidine rings is 1. The summed E-state index contributed by atoms with van der Waals surface area (Å²) in [5, 5.41) is 10.9. The lowest BCUT2D eigenvalue weighted by molar-refractivity contribution is -0.384. The minimum Gasteiger partial charge on any atom is -0.493 e. The lowest BCUT2D eigenvalue weighted by Crippen LogP contribution is -2.39. The van der Waals surface area contributed by atoms with Gasteiger partial charge in [-0.3, -0.25) is 10.1 Å². The molecule has 1 aliphatic rings. The molecule has 28 heavy (non-hydrogen) atoms. The highest BCUT2D eigenvalue weighted by atomic mass is 19.4. The molecule has 1 heterocycles. The Morgan fingerprint density at radius 3 is 2.57 bits per heavy atom. The van der Waals surface area contributed by atoms with E-state index in [2.05, 4.69) is 4.90 Å². The summed E-state index contributed by atoms with van der Waals surface area (Å²) >= 11 is 0. The number of alkyl halides is 3. The van der Waals surface area contributed by atoms with E-state index < -0.39 is 16.7 Å². The maximum absolute atomic E-state index is 12.9. The number of benzene rings is 2. The average Bonchev–Trinajstić information content (AvgIpc) is 2.66. The predicted molar refractivity (Wildman–Crippen MR) is 98.4 cm³/mol. The van der Waals surface area contributed by atoms with Gasteiger partial charge in [0.1, 0.15) is 5.75 Å². The number of likely N-dealkylation sites (tertiary alicyclic amines) is 1. The van der Waals surface area contributed by atoms with E-state index in [-0.39, 0.29) is 29.9 Å². The molecule has 0 unspecified atom stereocenters. The van der Waals surface area contributed by atoms with Crippen molar-refractivity contribution in [3.8, 4) is 5.75 Å². The van der Waals surface area contributed by atoms with Gasteiger partial charge in [-0.05, 0) is 49.7 Å².